The summed E-state index contributed by atoms with van der Waals surface area (Å²) in [5, 5.41) is 0. The van der Waals surface area contributed by atoms with E-state index in [0.717, 1.165) is 23.6 Å². The summed E-state index contributed by atoms with van der Waals surface area (Å²) in [5.41, 5.74) is 1.27. The Balaban J connectivity index is 2.75. The molecule has 0 saturated heterocycles. The quantitative estimate of drug-likeness (QED) is 0.577. The van der Waals surface area contributed by atoms with Crippen molar-refractivity contribution in [2.45, 2.75) is 12.8 Å². The third-order valence-corrected chi connectivity index (χ3v) is 3.58. The first kappa shape index (κ1) is 14.7. The van der Waals surface area contributed by atoms with Gasteiger partial charge in [0.25, 0.3) is 0 Å². The highest BCUT2D eigenvalue weighted by atomic mass is 32.1. The molecule has 0 N–H and O–H groups in total. The number of benzene rings is 1. The molecule has 0 amide bonds. The van der Waals surface area contributed by atoms with E-state index in [0.29, 0.717) is 5.92 Å². The van der Waals surface area contributed by atoms with Crippen LogP contribution in [-0.4, -0.2) is 31.1 Å². The Bertz CT molecular complexity index is 397. The molecule has 1 rings (SSSR count). The van der Waals surface area contributed by atoms with Crippen molar-refractivity contribution < 1.29 is 4.74 Å². The molecule has 2 nitrogen and oxygen atoms in total. The van der Waals surface area contributed by atoms with Gasteiger partial charge >= 0.3 is 0 Å². The highest BCUT2D eigenvalue weighted by molar-refractivity contribution is 7.80. The Morgan fingerprint density at radius 2 is 2.00 bits per heavy atom. The maximum absolute atomic E-state index is 5.47. The van der Waals surface area contributed by atoms with Gasteiger partial charge in [0.15, 0.2) is 0 Å². The number of nitrogens with zero attached hydrogens (tertiary/aromatic N) is 1. The van der Waals surface area contributed by atoms with Crippen LogP contribution < -0.4 is 4.74 Å². The predicted molar refractivity (Wildman–Crippen MR) is 81.3 cm³/mol. The fourth-order valence-corrected chi connectivity index (χ4v) is 2.06. The number of ether oxygens (including phenoxy) is 1. The number of hydrogen-bond donors (Lipinski definition) is 0. The molecule has 0 fully saturated rings. The SMILES string of the molecule is C=CCC(Cc1ccc(OC)cc1)C(=S)N(C)C. The molecule has 3 heteroatoms. The zero-order valence-corrected chi connectivity index (χ0v) is 12.2. The molecule has 98 valence electrons. The van der Waals surface area contributed by atoms with E-state index in [1.165, 1.54) is 5.56 Å². The van der Waals surface area contributed by atoms with Gasteiger partial charge in [-0.05, 0) is 30.5 Å². The van der Waals surface area contributed by atoms with Gasteiger partial charge in [-0.3, -0.25) is 0 Å². The monoisotopic (exact) mass is 263 g/mol. The minimum absolute atomic E-state index is 0.334. The highest BCUT2D eigenvalue weighted by Crippen LogP contribution is 2.18. The van der Waals surface area contributed by atoms with Crippen molar-refractivity contribution in [1.82, 2.24) is 4.90 Å². The number of hydrogen-bond acceptors (Lipinski definition) is 2. The van der Waals surface area contributed by atoms with E-state index >= 15 is 0 Å². The van der Waals surface area contributed by atoms with Gasteiger partial charge in [0, 0.05) is 20.0 Å². The summed E-state index contributed by atoms with van der Waals surface area (Å²) in [7, 11) is 5.66. The molecule has 0 saturated carbocycles. The van der Waals surface area contributed by atoms with E-state index in [-0.39, 0.29) is 0 Å². The van der Waals surface area contributed by atoms with E-state index in [4.69, 9.17) is 17.0 Å². The highest BCUT2D eigenvalue weighted by Gasteiger charge is 2.15. The smallest absolute Gasteiger partial charge is 0.118 e. The van der Waals surface area contributed by atoms with Crippen molar-refractivity contribution >= 4 is 17.2 Å². The molecule has 1 aromatic carbocycles. The van der Waals surface area contributed by atoms with E-state index in [1.807, 2.05) is 37.2 Å². The molecule has 0 spiro atoms. The molecule has 0 bridgehead atoms. The van der Waals surface area contributed by atoms with Crippen LogP contribution in [0.1, 0.15) is 12.0 Å². The maximum Gasteiger partial charge on any atom is 0.118 e. The van der Waals surface area contributed by atoms with E-state index < -0.39 is 0 Å². The summed E-state index contributed by atoms with van der Waals surface area (Å²) in [6, 6.07) is 8.15. The summed E-state index contributed by atoms with van der Waals surface area (Å²) in [4.78, 5) is 2.98. The van der Waals surface area contributed by atoms with Gasteiger partial charge in [0.2, 0.25) is 0 Å². The van der Waals surface area contributed by atoms with Gasteiger partial charge in [0.05, 0.1) is 12.1 Å². The molecule has 0 aromatic heterocycles. The number of allylic oxidation sites excluding steroid dienone is 1. The molecule has 1 unspecified atom stereocenters. The van der Waals surface area contributed by atoms with E-state index in [9.17, 15) is 0 Å². The third kappa shape index (κ3) is 4.15. The molecular weight excluding hydrogens is 242 g/mol. The number of rotatable bonds is 6. The topological polar surface area (TPSA) is 12.5 Å². The van der Waals surface area contributed by atoms with Crippen molar-refractivity contribution in [2.75, 3.05) is 21.2 Å². The number of methoxy groups -OCH3 is 1. The Labute approximate surface area is 115 Å². The van der Waals surface area contributed by atoms with Gasteiger partial charge in [-0.1, -0.05) is 30.4 Å². The van der Waals surface area contributed by atoms with Gasteiger partial charge in [-0.2, -0.15) is 0 Å². The van der Waals surface area contributed by atoms with Gasteiger partial charge in [-0.25, -0.2) is 0 Å². The van der Waals surface area contributed by atoms with Crippen LogP contribution in [0, 0.1) is 5.92 Å². The first-order chi connectivity index (χ1) is 8.58. The Hall–Kier alpha value is -1.35. The summed E-state index contributed by atoms with van der Waals surface area (Å²) >= 11 is 5.47. The van der Waals surface area contributed by atoms with Crippen LogP contribution in [0.15, 0.2) is 36.9 Å². The molecule has 1 aromatic rings. The van der Waals surface area contributed by atoms with Crippen molar-refractivity contribution in [2.24, 2.45) is 5.92 Å². The second-order valence-electron chi connectivity index (χ2n) is 4.51. The lowest BCUT2D eigenvalue weighted by molar-refractivity contribution is 0.414. The first-order valence-corrected chi connectivity index (χ1v) is 6.44. The second kappa shape index (κ2) is 7.17. The van der Waals surface area contributed by atoms with Crippen LogP contribution in [0.2, 0.25) is 0 Å². The minimum atomic E-state index is 0.334. The molecule has 0 aliphatic rings. The second-order valence-corrected chi connectivity index (χ2v) is 4.92. The third-order valence-electron chi connectivity index (χ3n) is 2.88. The van der Waals surface area contributed by atoms with Crippen LogP contribution >= 0.6 is 12.2 Å². The average molecular weight is 263 g/mol. The average Bonchev–Trinajstić information content (AvgIpc) is 2.38. The van der Waals surface area contributed by atoms with Crippen molar-refractivity contribution in [3.05, 3.63) is 42.5 Å². The van der Waals surface area contributed by atoms with Gasteiger partial charge < -0.3 is 9.64 Å². The molecular formula is C15H21NOS. The standard InChI is InChI=1S/C15H21NOS/c1-5-6-13(15(18)16(2)3)11-12-7-9-14(17-4)10-8-12/h5,7-10,13H,1,6,11H2,2-4H3. The molecule has 0 heterocycles. The van der Waals surface area contributed by atoms with Gasteiger partial charge in [-0.15, -0.1) is 6.58 Å². The largest absolute Gasteiger partial charge is 0.497 e. The van der Waals surface area contributed by atoms with Crippen molar-refractivity contribution in [3.8, 4) is 5.75 Å². The number of thiocarbonyl (C=S) groups is 1. The summed E-state index contributed by atoms with van der Waals surface area (Å²) < 4.78 is 5.16. The molecule has 0 radical (unpaired) electrons. The van der Waals surface area contributed by atoms with Crippen LogP contribution in [0.4, 0.5) is 0 Å². The fourth-order valence-electron chi connectivity index (χ4n) is 1.88. The fraction of sp³-hybridized carbons (Fsp3) is 0.400. The minimum Gasteiger partial charge on any atom is -0.497 e. The van der Waals surface area contributed by atoms with Crippen molar-refractivity contribution in [3.63, 3.8) is 0 Å². The summed E-state index contributed by atoms with van der Waals surface area (Å²) in [6.45, 7) is 3.81. The molecule has 0 aliphatic heterocycles. The Kier molecular flexibility index (Phi) is 5.86. The predicted octanol–water partition coefficient (Wildman–Crippen LogP) is 3.32. The maximum atomic E-state index is 5.47. The normalized spacial score (nSPS) is 11.7. The molecule has 1 atom stereocenters. The van der Waals surface area contributed by atoms with Crippen LogP contribution in [0.5, 0.6) is 5.75 Å². The van der Waals surface area contributed by atoms with Gasteiger partial charge in [0.1, 0.15) is 5.75 Å². The summed E-state index contributed by atoms with van der Waals surface area (Å²) in [5.74, 6) is 1.22. The van der Waals surface area contributed by atoms with Crippen LogP contribution in [0.25, 0.3) is 0 Å². The van der Waals surface area contributed by atoms with Crippen molar-refractivity contribution in [1.29, 1.82) is 0 Å². The first-order valence-electron chi connectivity index (χ1n) is 6.03. The van der Waals surface area contributed by atoms with Crippen LogP contribution in [-0.2, 0) is 6.42 Å². The Morgan fingerprint density at radius 3 is 2.44 bits per heavy atom. The lowest BCUT2D eigenvalue weighted by Gasteiger charge is -2.22. The Morgan fingerprint density at radius 1 is 1.39 bits per heavy atom. The zero-order chi connectivity index (χ0) is 13.5. The lowest BCUT2D eigenvalue weighted by atomic mass is 9.95. The lowest BCUT2D eigenvalue weighted by Crippen LogP contribution is -2.28. The van der Waals surface area contributed by atoms with Crippen LogP contribution in [0.3, 0.4) is 0 Å². The molecule has 18 heavy (non-hydrogen) atoms. The molecule has 0 aliphatic carbocycles. The van der Waals surface area contributed by atoms with E-state index in [1.54, 1.807) is 7.11 Å². The summed E-state index contributed by atoms with van der Waals surface area (Å²) in [6.07, 6.45) is 3.78. The zero-order valence-electron chi connectivity index (χ0n) is 11.3. The van der Waals surface area contributed by atoms with E-state index in [2.05, 4.69) is 18.7 Å².